The Hall–Kier alpha value is -1.55. The molecule has 1 N–H and O–H groups in total. The minimum absolute atomic E-state index is 0.182. The Bertz CT molecular complexity index is 745. The van der Waals surface area contributed by atoms with Gasteiger partial charge in [0, 0.05) is 22.8 Å². The van der Waals surface area contributed by atoms with Gasteiger partial charge in [-0.1, -0.05) is 40.9 Å². The number of hydrogen-bond acceptors (Lipinski definition) is 2. The number of carbonyl (C=O) groups is 1. The van der Waals surface area contributed by atoms with Crippen LogP contribution in [0.15, 0.2) is 36.4 Å². The van der Waals surface area contributed by atoms with Gasteiger partial charge >= 0.3 is 0 Å². The molecule has 5 heteroatoms. The van der Waals surface area contributed by atoms with Crippen LogP contribution in [0.4, 0.5) is 5.69 Å². The lowest BCUT2D eigenvalue weighted by atomic mass is 9.96. The maximum atomic E-state index is 12.8. The van der Waals surface area contributed by atoms with Gasteiger partial charge in [-0.3, -0.25) is 4.79 Å². The quantitative estimate of drug-likeness (QED) is 0.839. The third kappa shape index (κ3) is 2.72. The number of aryl methyl sites for hydroxylation is 1. The average molecular weight is 336 g/mol. The minimum atomic E-state index is -0.542. The molecule has 1 amide bonds. The summed E-state index contributed by atoms with van der Waals surface area (Å²) in [4.78, 5) is 14.5. The van der Waals surface area contributed by atoms with E-state index in [0.717, 1.165) is 16.8 Å². The van der Waals surface area contributed by atoms with Crippen LogP contribution in [0.1, 0.15) is 34.0 Å². The minimum Gasteiger partial charge on any atom is -0.388 e. The third-order valence-corrected chi connectivity index (χ3v) is 4.41. The maximum absolute atomic E-state index is 12.8. The Balaban J connectivity index is 2.03. The molecule has 0 spiro atoms. The SMILES string of the molecule is Cc1ccc2c(c1)C(O)CCN2C(=O)c1ccc(Cl)cc1Cl. The van der Waals surface area contributed by atoms with Crippen LogP contribution in [0.25, 0.3) is 0 Å². The maximum Gasteiger partial charge on any atom is 0.259 e. The molecule has 0 saturated carbocycles. The van der Waals surface area contributed by atoms with E-state index in [9.17, 15) is 9.90 Å². The Kier molecular flexibility index (Phi) is 4.13. The van der Waals surface area contributed by atoms with Crippen molar-refractivity contribution in [1.82, 2.24) is 0 Å². The van der Waals surface area contributed by atoms with Gasteiger partial charge in [0.1, 0.15) is 0 Å². The van der Waals surface area contributed by atoms with Crippen LogP contribution in [0.3, 0.4) is 0 Å². The van der Waals surface area contributed by atoms with Gasteiger partial charge in [0.05, 0.1) is 16.7 Å². The smallest absolute Gasteiger partial charge is 0.259 e. The summed E-state index contributed by atoms with van der Waals surface area (Å²) >= 11 is 12.0. The number of fused-ring (bicyclic) bond motifs is 1. The molecule has 0 saturated heterocycles. The van der Waals surface area contributed by atoms with Crippen LogP contribution in [-0.2, 0) is 0 Å². The average Bonchev–Trinajstić information content (AvgIpc) is 2.47. The molecule has 0 aliphatic carbocycles. The number of amides is 1. The largest absolute Gasteiger partial charge is 0.388 e. The van der Waals surface area contributed by atoms with E-state index in [2.05, 4.69) is 0 Å². The number of carbonyl (C=O) groups excluding carboxylic acids is 1. The molecule has 1 aliphatic rings. The molecule has 22 heavy (non-hydrogen) atoms. The van der Waals surface area contributed by atoms with Gasteiger partial charge in [-0.15, -0.1) is 0 Å². The standard InChI is InChI=1S/C17H15Cl2NO2/c1-10-2-5-15-13(8-10)16(21)6-7-20(15)17(22)12-4-3-11(18)9-14(12)19/h2-5,8-9,16,21H,6-7H2,1H3. The molecule has 2 aromatic rings. The van der Waals surface area contributed by atoms with Crippen LogP contribution >= 0.6 is 23.2 Å². The van der Waals surface area contributed by atoms with E-state index >= 15 is 0 Å². The zero-order chi connectivity index (χ0) is 15.9. The molecule has 1 unspecified atom stereocenters. The van der Waals surface area contributed by atoms with E-state index in [4.69, 9.17) is 23.2 Å². The number of benzene rings is 2. The van der Waals surface area contributed by atoms with Crippen LogP contribution < -0.4 is 4.90 Å². The molecule has 2 aromatic carbocycles. The molecule has 0 bridgehead atoms. The lowest BCUT2D eigenvalue weighted by Crippen LogP contribution is -2.36. The Morgan fingerprint density at radius 3 is 2.73 bits per heavy atom. The molecular formula is C17H15Cl2NO2. The molecule has 1 heterocycles. The molecule has 1 atom stereocenters. The molecule has 114 valence electrons. The van der Waals surface area contributed by atoms with Crippen molar-refractivity contribution in [2.75, 3.05) is 11.4 Å². The van der Waals surface area contributed by atoms with Crippen LogP contribution in [-0.4, -0.2) is 17.6 Å². The number of aliphatic hydroxyl groups excluding tert-OH is 1. The normalized spacial score (nSPS) is 17.3. The number of aliphatic hydroxyl groups is 1. The van der Waals surface area contributed by atoms with Gasteiger partial charge < -0.3 is 10.0 Å². The van der Waals surface area contributed by atoms with Gasteiger partial charge in [0.25, 0.3) is 5.91 Å². The molecule has 3 nitrogen and oxygen atoms in total. The van der Waals surface area contributed by atoms with Gasteiger partial charge in [-0.05, 0) is 37.6 Å². The van der Waals surface area contributed by atoms with Crippen LogP contribution in [0.2, 0.25) is 10.0 Å². The van der Waals surface area contributed by atoms with E-state index < -0.39 is 6.10 Å². The van der Waals surface area contributed by atoms with E-state index in [-0.39, 0.29) is 5.91 Å². The monoisotopic (exact) mass is 335 g/mol. The van der Waals surface area contributed by atoms with Crippen molar-refractivity contribution in [2.24, 2.45) is 0 Å². The molecular weight excluding hydrogens is 321 g/mol. The first-order valence-electron chi connectivity index (χ1n) is 7.03. The fourth-order valence-electron chi connectivity index (χ4n) is 2.73. The number of rotatable bonds is 1. The number of hydrogen-bond donors (Lipinski definition) is 1. The Labute approximate surface area is 139 Å². The van der Waals surface area contributed by atoms with Gasteiger partial charge in [0.15, 0.2) is 0 Å². The second kappa shape index (κ2) is 5.92. The van der Waals surface area contributed by atoms with Gasteiger partial charge in [-0.25, -0.2) is 0 Å². The Morgan fingerprint density at radius 1 is 1.23 bits per heavy atom. The first-order chi connectivity index (χ1) is 10.5. The van der Waals surface area contributed by atoms with E-state index in [1.54, 1.807) is 23.1 Å². The highest BCUT2D eigenvalue weighted by atomic mass is 35.5. The molecule has 3 rings (SSSR count). The first kappa shape index (κ1) is 15.3. The molecule has 1 aliphatic heterocycles. The summed E-state index contributed by atoms with van der Waals surface area (Å²) < 4.78 is 0. The van der Waals surface area contributed by atoms with Crippen molar-refractivity contribution in [3.63, 3.8) is 0 Å². The number of halogens is 2. The lowest BCUT2D eigenvalue weighted by Gasteiger charge is -2.32. The highest BCUT2D eigenvalue weighted by molar-refractivity contribution is 6.37. The second-order valence-corrected chi connectivity index (χ2v) is 6.29. The fourth-order valence-corrected chi connectivity index (χ4v) is 3.22. The number of nitrogens with zero attached hydrogens (tertiary/aromatic N) is 1. The van der Waals surface area contributed by atoms with Crippen molar-refractivity contribution >= 4 is 34.8 Å². The molecule has 0 aromatic heterocycles. The van der Waals surface area contributed by atoms with Crippen molar-refractivity contribution in [1.29, 1.82) is 0 Å². The molecule has 0 radical (unpaired) electrons. The summed E-state index contributed by atoms with van der Waals surface area (Å²) in [5, 5.41) is 11.0. The van der Waals surface area contributed by atoms with Crippen molar-refractivity contribution in [3.8, 4) is 0 Å². The van der Waals surface area contributed by atoms with E-state index in [1.807, 2.05) is 25.1 Å². The zero-order valence-electron chi connectivity index (χ0n) is 12.0. The summed E-state index contributed by atoms with van der Waals surface area (Å²) in [6, 6.07) is 10.6. The van der Waals surface area contributed by atoms with Crippen LogP contribution in [0, 0.1) is 6.92 Å². The zero-order valence-corrected chi connectivity index (χ0v) is 13.5. The summed E-state index contributed by atoms with van der Waals surface area (Å²) in [6.07, 6.45) is -0.0347. The predicted molar refractivity (Wildman–Crippen MR) is 88.9 cm³/mol. The predicted octanol–water partition coefficient (Wildman–Crippen LogP) is 4.39. The summed E-state index contributed by atoms with van der Waals surface area (Å²) in [6.45, 7) is 2.42. The lowest BCUT2D eigenvalue weighted by molar-refractivity contribution is 0.0970. The number of anilines is 1. The van der Waals surface area contributed by atoms with Crippen molar-refractivity contribution < 1.29 is 9.90 Å². The molecule has 0 fully saturated rings. The first-order valence-corrected chi connectivity index (χ1v) is 7.78. The Morgan fingerprint density at radius 2 is 2.00 bits per heavy atom. The van der Waals surface area contributed by atoms with Gasteiger partial charge in [0.2, 0.25) is 0 Å². The fraction of sp³-hybridized carbons (Fsp3) is 0.235. The summed E-state index contributed by atoms with van der Waals surface area (Å²) in [5.41, 5.74) is 2.98. The highest BCUT2D eigenvalue weighted by Gasteiger charge is 2.29. The van der Waals surface area contributed by atoms with Crippen LogP contribution in [0.5, 0.6) is 0 Å². The van der Waals surface area contributed by atoms with Crippen molar-refractivity contribution in [3.05, 3.63) is 63.1 Å². The topological polar surface area (TPSA) is 40.5 Å². The van der Waals surface area contributed by atoms with E-state index in [1.165, 1.54) is 0 Å². The third-order valence-electron chi connectivity index (χ3n) is 3.87. The second-order valence-electron chi connectivity index (χ2n) is 5.45. The summed E-state index contributed by atoms with van der Waals surface area (Å²) in [5.74, 6) is -0.182. The highest BCUT2D eigenvalue weighted by Crippen LogP contribution is 2.36. The van der Waals surface area contributed by atoms with Crippen molar-refractivity contribution in [2.45, 2.75) is 19.4 Å². The van der Waals surface area contributed by atoms with E-state index in [0.29, 0.717) is 28.6 Å². The van der Waals surface area contributed by atoms with Gasteiger partial charge in [-0.2, -0.15) is 0 Å². The summed E-state index contributed by atoms with van der Waals surface area (Å²) in [7, 11) is 0.